The summed E-state index contributed by atoms with van der Waals surface area (Å²) in [5, 5.41) is 1.29. The normalized spacial score (nSPS) is 22.9. The Kier molecular flexibility index (Phi) is 2.66. The van der Waals surface area contributed by atoms with Crippen LogP contribution in [0.2, 0.25) is 6.04 Å². The van der Waals surface area contributed by atoms with E-state index in [0.29, 0.717) is 0 Å². The SMILES string of the molecule is Nc1ccccc1[SiH]1CCCCO1. The van der Waals surface area contributed by atoms with E-state index in [1.807, 2.05) is 12.1 Å². The van der Waals surface area contributed by atoms with Crippen molar-refractivity contribution in [2.75, 3.05) is 12.3 Å². The van der Waals surface area contributed by atoms with Crippen molar-refractivity contribution in [2.24, 2.45) is 0 Å². The molecule has 70 valence electrons. The fourth-order valence-electron chi connectivity index (χ4n) is 1.79. The Hall–Kier alpha value is -0.803. The van der Waals surface area contributed by atoms with Crippen molar-refractivity contribution in [3.05, 3.63) is 24.3 Å². The molecule has 0 aliphatic carbocycles. The van der Waals surface area contributed by atoms with Crippen molar-refractivity contribution in [3.8, 4) is 0 Å². The maximum Gasteiger partial charge on any atom is 0.210 e. The molecule has 0 spiro atoms. The van der Waals surface area contributed by atoms with Gasteiger partial charge in [0.05, 0.1) is 0 Å². The third kappa shape index (κ3) is 1.92. The van der Waals surface area contributed by atoms with Gasteiger partial charge in [-0.1, -0.05) is 24.6 Å². The molecule has 2 N–H and O–H groups in total. The lowest BCUT2D eigenvalue weighted by Gasteiger charge is -2.22. The van der Waals surface area contributed by atoms with E-state index < -0.39 is 9.04 Å². The molecule has 1 aromatic rings. The van der Waals surface area contributed by atoms with Crippen molar-refractivity contribution in [2.45, 2.75) is 18.9 Å². The molecule has 13 heavy (non-hydrogen) atoms. The zero-order valence-corrected chi connectivity index (χ0v) is 8.86. The lowest BCUT2D eigenvalue weighted by Crippen LogP contribution is -2.37. The second-order valence-corrected chi connectivity index (χ2v) is 5.99. The van der Waals surface area contributed by atoms with Crippen LogP contribution in [0.1, 0.15) is 12.8 Å². The lowest BCUT2D eigenvalue weighted by molar-refractivity contribution is 0.295. The molecule has 0 radical (unpaired) electrons. The summed E-state index contributed by atoms with van der Waals surface area (Å²) < 4.78 is 5.80. The van der Waals surface area contributed by atoms with Crippen molar-refractivity contribution in [3.63, 3.8) is 0 Å². The van der Waals surface area contributed by atoms with Crippen molar-refractivity contribution >= 4 is 19.9 Å². The quantitative estimate of drug-likeness (QED) is 0.533. The molecule has 1 aliphatic heterocycles. The highest BCUT2D eigenvalue weighted by molar-refractivity contribution is 6.69. The summed E-state index contributed by atoms with van der Waals surface area (Å²) >= 11 is 0. The number of benzene rings is 1. The number of anilines is 1. The summed E-state index contributed by atoms with van der Waals surface area (Å²) in [5.74, 6) is 0. The summed E-state index contributed by atoms with van der Waals surface area (Å²) in [4.78, 5) is 0. The van der Waals surface area contributed by atoms with Gasteiger partial charge in [0.1, 0.15) is 0 Å². The lowest BCUT2D eigenvalue weighted by atomic mass is 10.3. The molecular formula is C10H15NOSi. The molecule has 2 rings (SSSR count). The zero-order chi connectivity index (χ0) is 9.10. The second kappa shape index (κ2) is 3.94. The van der Waals surface area contributed by atoms with Crippen LogP contribution in [0, 0.1) is 0 Å². The van der Waals surface area contributed by atoms with Gasteiger partial charge in [-0.2, -0.15) is 0 Å². The molecule has 1 fully saturated rings. The number of hydrogen-bond acceptors (Lipinski definition) is 2. The molecule has 0 aromatic heterocycles. The number of para-hydroxylation sites is 1. The summed E-state index contributed by atoms with van der Waals surface area (Å²) in [7, 11) is -1.15. The third-order valence-corrected chi connectivity index (χ3v) is 5.31. The molecule has 1 unspecified atom stereocenters. The van der Waals surface area contributed by atoms with Crippen molar-refractivity contribution in [1.82, 2.24) is 0 Å². The maximum atomic E-state index is 5.91. The molecule has 1 atom stereocenters. The molecule has 1 aliphatic rings. The van der Waals surface area contributed by atoms with Crippen LogP contribution in [0.25, 0.3) is 0 Å². The monoisotopic (exact) mass is 193 g/mol. The predicted octanol–water partition coefficient (Wildman–Crippen LogP) is 1.01. The van der Waals surface area contributed by atoms with Gasteiger partial charge >= 0.3 is 0 Å². The number of nitrogens with two attached hydrogens (primary N) is 1. The topological polar surface area (TPSA) is 35.2 Å². The van der Waals surface area contributed by atoms with Gasteiger partial charge in [-0.25, -0.2) is 0 Å². The largest absolute Gasteiger partial charge is 0.415 e. The van der Waals surface area contributed by atoms with Gasteiger partial charge in [0.2, 0.25) is 9.04 Å². The summed E-state index contributed by atoms with van der Waals surface area (Å²) in [6.45, 7) is 0.936. The van der Waals surface area contributed by atoms with E-state index in [2.05, 4.69) is 12.1 Å². The van der Waals surface area contributed by atoms with Gasteiger partial charge in [-0.05, 0) is 23.7 Å². The molecule has 1 aromatic carbocycles. The van der Waals surface area contributed by atoms with E-state index in [0.717, 1.165) is 12.3 Å². The van der Waals surface area contributed by atoms with Crippen LogP contribution >= 0.6 is 0 Å². The average molecular weight is 193 g/mol. The van der Waals surface area contributed by atoms with Gasteiger partial charge in [0, 0.05) is 12.3 Å². The molecule has 2 nitrogen and oxygen atoms in total. The van der Waals surface area contributed by atoms with E-state index in [-0.39, 0.29) is 0 Å². The molecule has 0 saturated carbocycles. The van der Waals surface area contributed by atoms with E-state index in [1.165, 1.54) is 24.1 Å². The van der Waals surface area contributed by atoms with Crippen LogP contribution < -0.4 is 10.9 Å². The Morgan fingerprint density at radius 2 is 2.08 bits per heavy atom. The van der Waals surface area contributed by atoms with Gasteiger partial charge in [0.25, 0.3) is 0 Å². The molecule has 0 bridgehead atoms. The fraction of sp³-hybridized carbons (Fsp3) is 0.400. The molecule has 3 heteroatoms. The van der Waals surface area contributed by atoms with Gasteiger partial charge in [-0.3, -0.25) is 0 Å². The smallest absolute Gasteiger partial charge is 0.210 e. The Labute approximate surface area is 80.4 Å². The fourth-order valence-corrected chi connectivity index (χ4v) is 4.35. The summed E-state index contributed by atoms with van der Waals surface area (Å²) in [5.41, 5.74) is 6.82. The minimum atomic E-state index is -1.15. The van der Waals surface area contributed by atoms with Crippen molar-refractivity contribution < 1.29 is 4.43 Å². The van der Waals surface area contributed by atoms with Crippen LogP contribution in [0.5, 0.6) is 0 Å². The Morgan fingerprint density at radius 1 is 1.23 bits per heavy atom. The minimum Gasteiger partial charge on any atom is -0.415 e. The first-order valence-corrected chi connectivity index (χ1v) is 6.70. The summed E-state index contributed by atoms with van der Waals surface area (Å²) in [6.07, 6.45) is 2.53. The van der Waals surface area contributed by atoms with Crippen LogP contribution in [0.4, 0.5) is 5.69 Å². The first-order chi connectivity index (χ1) is 6.38. The maximum absolute atomic E-state index is 5.91. The number of hydrogen-bond donors (Lipinski definition) is 1. The first kappa shape index (κ1) is 8.78. The van der Waals surface area contributed by atoms with E-state index >= 15 is 0 Å². The molecular weight excluding hydrogens is 178 g/mol. The van der Waals surface area contributed by atoms with E-state index in [4.69, 9.17) is 10.2 Å². The van der Waals surface area contributed by atoms with Gasteiger partial charge < -0.3 is 10.2 Å². The highest BCUT2D eigenvalue weighted by atomic mass is 28.3. The Bertz CT molecular complexity index is 284. The Balaban J connectivity index is 2.18. The minimum absolute atomic E-state index is 0.918. The highest BCUT2D eigenvalue weighted by Gasteiger charge is 2.19. The highest BCUT2D eigenvalue weighted by Crippen LogP contribution is 2.13. The Morgan fingerprint density at radius 3 is 2.77 bits per heavy atom. The third-order valence-electron chi connectivity index (χ3n) is 2.52. The predicted molar refractivity (Wildman–Crippen MR) is 57.6 cm³/mol. The number of nitrogen functional groups attached to an aromatic ring is 1. The molecule has 1 heterocycles. The zero-order valence-electron chi connectivity index (χ0n) is 7.70. The van der Waals surface area contributed by atoms with Crippen LogP contribution in [0.15, 0.2) is 24.3 Å². The summed E-state index contributed by atoms with van der Waals surface area (Å²) in [6, 6.07) is 9.37. The standard InChI is InChI=1S/C10H15NOSi/c11-9-5-1-2-6-10(9)13-8-4-3-7-12-13/h1-2,5-6,13H,3-4,7-8,11H2. The average Bonchev–Trinajstić information content (AvgIpc) is 2.20. The van der Waals surface area contributed by atoms with Crippen LogP contribution in [-0.2, 0) is 4.43 Å². The van der Waals surface area contributed by atoms with Crippen LogP contribution in [-0.4, -0.2) is 15.6 Å². The van der Waals surface area contributed by atoms with Crippen LogP contribution in [0.3, 0.4) is 0 Å². The second-order valence-electron chi connectivity index (χ2n) is 3.48. The van der Waals surface area contributed by atoms with Gasteiger partial charge in [0.15, 0.2) is 0 Å². The number of rotatable bonds is 1. The molecule has 0 amide bonds. The first-order valence-electron chi connectivity index (χ1n) is 4.84. The van der Waals surface area contributed by atoms with Gasteiger partial charge in [-0.15, -0.1) is 0 Å². The van der Waals surface area contributed by atoms with Crippen molar-refractivity contribution in [1.29, 1.82) is 0 Å². The molecule has 1 saturated heterocycles. The van der Waals surface area contributed by atoms with E-state index in [9.17, 15) is 0 Å². The van der Waals surface area contributed by atoms with E-state index in [1.54, 1.807) is 0 Å².